The molecule has 3 aromatic rings. The van der Waals surface area contributed by atoms with E-state index in [4.69, 9.17) is 4.74 Å². The Morgan fingerprint density at radius 3 is 2.52 bits per heavy atom. The highest BCUT2D eigenvalue weighted by atomic mass is 79.9. The van der Waals surface area contributed by atoms with E-state index in [0.717, 1.165) is 32.8 Å². The van der Waals surface area contributed by atoms with E-state index in [1.54, 1.807) is 0 Å². The van der Waals surface area contributed by atoms with Crippen LogP contribution in [0, 0.1) is 6.92 Å². The van der Waals surface area contributed by atoms with Gasteiger partial charge in [0, 0.05) is 4.47 Å². The molecule has 0 atom stereocenters. The summed E-state index contributed by atoms with van der Waals surface area (Å²) in [6, 6.07) is 17.5. The van der Waals surface area contributed by atoms with Gasteiger partial charge >= 0.3 is 0 Å². The summed E-state index contributed by atoms with van der Waals surface area (Å²) in [5.74, 6) is 1.30. The predicted octanol–water partition coefficient (Wildman–Crippen LogP) is 5.52. The molecule has 0 radical (unpaired) electrons. The third-order valence-electron chi connectivity index (χ3n) is 3.29. The van der Waals surface area contributed by atoms with Crippen LogP contribution in [-0.2, 0) is 0 Å². The number of hydrogen-bond acceptors (Lipinski definition) is 2. The van der Waals surface area contributed by atoms with Crippen molar-refractivity contribution in [1.82, 2.24) is 0 Å². The van der Waals surface area contributed by atoms with Crippen molar-refractivity contribution >= 4 is 33.0 Å². The fraction of sp³-hybridized carbons (Fsp3) is 0.0556. The van der Waals surface area contributed by atoms with Gasteiger partial charge in [-0.2, -0.15) is 0 Å². The quantitative estimate of drug-likeness (QED) is 0.587. The van der Waals surface area contributed by atoms with Crippen molar-refractivity contribution < 1.29 is 9.53 Å². The lowest BCUT2D eigenvalue weighted by Gasteiger charge is -2.09. The molecule has 3 heteroatoms. The maximum absolute atomic E-state index is 11.1. The van der Waals surface area contributed by atoms with Crippen molar-refractivity contribution in [2.75, 3.05) is 0 Å². The van der Waals surface area contributed by atoms with Gasteiger partial charge in [0.1, 0.15) is 11.5 Å². The molecule has 0 N–H and O–H groups in total. The lowest BCUT2D eigenvalue weighted by atomic mass is 10.1. The van der Waals surface area contributed by atoms with Crippen molar-refractivity contribution in [3.8, 4) is 11.5 Å². The molecule has 0 aliphatic heterocycles. The highest BCUT2D eigenvalue weighted by molar-refractivity contribution is 9.10. The molecule has 0 aromatic heterocycles. The Hall–Kier alpha value is -2.13. The van der Waals surface area contributed by atoms with Crippen molar-refractivity contribution in [2.45, 2.75) is 6.92 Å². The molecule has 0 saturated carbocycles. The Morgan fingerprint density at radius 1 is 0.952 bits per heavy atom. The summed E-state index contributed by atoms with van der Waals surface area (Å²) in [4.78, 5) is 11.1. The molecule has 0 aliphatic rings. The largest absolute Gasteiger partial charge is 0.457 e. The van der Waals surface area contributed by atoms with Crippen molar-refractivity contribution in [3.63, 3.8) is 0 Å². The summed E-state index contributed by atoms with van der Waals surface area (Å²) in [5, 5.41) is 2.23. The summed E-state index contributed by atoms with van der Waals surface area (Å²) in [6.07, 6.45) is 0.820. The Balaban J connectivity index is 1.98. The molecule has 0 unspecified atom stereocenters. The second-order valence-electron chi connectivity index (χ2n) is 4.91. The van der Waals surface area contributed by atoms with Crippen LogP contribution in [0.25, 0.3) is 10.8 Å². The summed E-state index contributed by atoms with van der Waals surface area (Å²) >= 11 is 3.46. The van der Waals surface area contributed by atoms with Gasteiger partial charge in [0.2, 0.25) is 0 Å². The molecule has 21 heavy (non-hydrogen) atoms. The van der Waals surface area contributed by atoms with Crippen LogP contribution in [0.3, 0.4) is 0 Å². The van der Waals surface area contributed by atoms with Crippen LogP contribution >= 0.6 is 15.9 Å². The van der Waals surface area contributed by atoms with Gasteiger partial charge in [-0.1, -0.05) is 39.7 Å². The molecule has 0 saturated heterocycles. The average molecular weight is 341 g/mol. The number of fused-ring (bicyclic) bond motifs is 1. The number of carbonyl (C=O) groups excluding carboxylic acids is 1. The Labute approximate surface area is 131 Å². The van der Waals surface area contributed by atoms with Gasteiger partial charge in [0.05, 0.1) is 5.56 Å². The lowest BCUT2D eigenvalue weighted by Crippen LogP contribution is -1.91. The maximum Gasteiger partial charge on any atom is 0.153 e. The molecule has 0 amide bonds. The van der Waals surface area contributed by atoms with Gasteiger partial charge in [0.15, 0.2) is 6.29 Å². The number of benzene rings is 3. The molecule has 0 spiro atoms. The number of ether oxygens (including phenoxy) is 1. The van der Waals surface area contributed by atoms with Gasteiger partial charge in [-0.25, -0.2) is 0 Å². The van der Waals surface area contributed by atoms with Crippen molar-refractivity contribution in [3.05, 3.63) is 70.2 Å². The molecule has 0 heterocycles. The van der Waals surface area contributed by atoms with Gasteiger partial charge in [-0.05, 0) is 54.1 Å². The molecule has 0 aliphatic carbocycles. The van der Waals surface area contributed by atoms with Crippen LogP contribution in [0.1, 0.15) is 15.9 Å². The third kappa shape index (κ3) is 2.98. The molecular weight excluding hydrogens is 328 g/mol. The van der Waals surface area contributed by atoms with Gasteiger partial charge < -0.3 is 4.74 Å². The number of hydrogen-bond donors (Lipinski definition) is 0. The van der Waals surface area contributed by atoms with E-state index >= 15 is 0 Å². The summed E-state index contributed by atoms with van der Waals surface area (Å²) in [5.41, 5.74) is 1.60. The zero-order valence-corrected chi connectivity index (χ0v) is 13.1. The van der Waals surface area contributed by atoms with Crippen LogP contribution in [0.5, 0.6) is 11.5 Å². The lowest BCUT2D eigenvalue weighted by molar-refractivity contribution is 0.112. The van der Waals surface area contributed by atoms with Gasteiger partial charge in [-0.3, -0.25) is 4.79 Å². The van der Waals surface area contributed by atoms with Crippen LogP contribution in [0.15, 0.2) is 59.1 Å². The fourth-order valence-electron chi connectivity index (χ4n) is 2.24. The zero-order valence-electron chi connectivity index (χ0n) is 11.5. The van der Waals surface area contributed by atoms with Crippen molar-refractivity contribution in [1.29, 1.82) is 0 Å². The minimum absolute atomic E-state index is 0.561. The number of aryl methyl sites for hydroxylation is 1. The fourth-order valence-corrected chi connectivity index (χ4v) is 2.62. The normalized spacial score (nSPS) is 10.6. The van der Waals surface area contributed by atoms with Crippen LogP contribution in [-0.4, -0.2) is 6.29 Å². The van der Waals surface area contributed by atoms with Crippen LogP contribution in [0.4, 0.5) is 0 Å². The molecule has 3 rings (SSSR count). The Bertz CT molecular complexity index is 825. The van der Waals surface area contributed by atoms with E-state index < -0.39 is 0 Å². The predicted molar refractivity (Wildman–Crippen MR) is 88.3 cm³/mol. The summed E-state index contributed by atoms with van der Waals surface area (Å²) in [6.45, 7) is 1.95. The second kappa shape index (κ2) is 5.70. The van der Waals surface area contributed by atoms with E-state index in [0.29, 0.717) is 11.3 Å². The third-order valence-corrected chi connectivity index (χ3v) is 3.79. The van der Waals surface area contributed by atoms with Gasteiger partial charge in [0.25, 0.3) is 0 Å². The highest BCUT2D eigenvalue weighted by Crippen LogP contribution is 2.29. The molecule has 104 valence electrons. The van der Waals surface area contributed by atoms with Gasteiger partial charge in [-0.15, -0.1) is 0 Å². The second-order valence-corrected chi connectivity index (χ2v) is 5.83. The standard InChI is InChI=1S/C18H13BrO2/c1-12-2-7-18(15(8-12)11-20)21-17-6-4-13-9-16(19)5-3-14(13)10-17/h2-11H,1H3. The van der Waals surface area contributed by atoms with Crippen LogP contribution < -0.4 is 4.74 Å². The van der Waals surface area contributed by atoms with E-state index in [9.17, 15) is 4.79 Å². The minimum atomic E-state index is 0.561. The van der Waals surface area contributed by atoms with E-state index in [1.807, 2.05) is 55.5 Å². The monoisotopic (exact) mass is 340 g/mol. The SMILES string of the molecule is Cc1ccc(Oc2ccc3cc(Br)ccc3c2)c(C=O)c1. The molecule has 3 aromatic carbocycles. The topological polar surface area (TPSA) is 26.3 Å². The number of rotatable bonds is 3. The average Bonchev–Trinajstić information content (AvgIpc) is 2.49. The van der Waals surface area contributed by atoms with E-state index in [2.05, 4.69) is 22.0 Å². The smallest absolute Gasteiger partial charge is 0.153 e. The zero-order chi connectivity index (χ0) is 14.8. The first-order chi connectivity index (χ1) is 10.2. The molecular formula is C18H13BrO2. The first-order valence-corrected chi connectivity index (χ1v) is 7.38. The van der Waals surface area contributed by atoms with Crippen molar-refractivity contribution in [2.24, 2.45) is 0 Å². The summed E-state index contributed by atoms with van der Waals surface area (Å²) < 4.78 is 6.90. The van der Waals surface area contributed by atoms with E-state index in [1.165, 1.54) is 0 Å². The Kier molecular flexibility index (Phi) is 3.76. The first-order valence-electron chi connectivity index (χ1n) is 6.59. The minimum Gasteiger partial charge on any atom is -0.457 e. The molecule has 0 bridgehead atoms. The van der Waals surface area contributed by atoms with Crippen LogP contribution in [0.2, 0.25) is 0 Å². The Morgan fingerprint density at radius 2 is 1.71 bits per heavy atom. The number of aldehydes is 1. The number of carbonyl (C=O) groups is 1. The molecule has 0 fully saturated rings. The first kappa shape index (κ1) is 13.8. The maximum atomic E-state index is 11.1. The van der Waals surface area contributed by atoms with E-state index in [-0.39, 0.29) is 0 Å². The molecule has 2 nitrogen and oxygen atoms in total. The summed E-state index contributed by atoms with van der Waals surface area (Å²) in [7, 11) is 0. The highest BCUT2D eigenvalue weighted by Gasteiger charge is 2.05. The number of halogens is 1.